The van der Waals surface area contributed by atoms with Crippen molar-refractivity contribution >= 4 is 23.5 Å². The van der Waals surface area contributed by atoms with E-state index in [0.29, 0.717) is 16.3 Å². The van der Waals surface area contributed by atoms with Crippen molar-refractivity contribution in [2.75, 3.05) is 0 Å². The number of aliphatic imine (C=N–C) groups is 1. The van der Waals surface area contributed by atoms with Gasteiger partial charge in [-0.3, -0.25) is 4.99 Å². The predicted molar refractivity (Wildman–Crippen MR) is 87.4 cm³/mol. The van der Waals surface area contributed by atoms with Crippen molar-refractivity contribution in [3.05, 3.63) is 51.0 Å². The highest BCUT2D eigenvalue weighted by Gasteiger charge is 2.10. The monoisotopic (exact) mass is 303 g/mol. The zero-order valence-corrected chi connectivity index (χ0v) is 13.3. The van der Waals surface area contributed by atoms with Gasteiger partial charge in [0.05, 0.1) is 0 Å². The average molecular weight is 304 g/mol. The smallest absolute Gasteiger partial charge is 0.144 e. The minimum absolute atomic E-state index is 0.127. The fourth-order valence-corrected chi connectivity index (χ4v) is 2.44. The van der Waals surface area contributed by atoms with Crippen LogP contribution < -0.4 is 0 Å². The molecule has 0 aromatic heterocycles. The van der Waals surface area contributed by atoms with E-state index in [0.717, 1.165) is 22.3 Å². The topological polar surface area (TPSA) is 52.8 Å². The molecule has 110 valence electrons. The normalized spacial score (nSPS) is 11.3. The second-order valence-electron chi connectivity index (χ2n) is 5.27. The van der Waals surface area contributed by atoms with Gasteiger partial charge in [0.1, 0.15) is 17.2 Å². The minimum atomic E-state index is 0.127. The number of phenols is 2. The zero-order valence-electron chi connectivity index (χ0n) is 12.5. The van der Waals surface area contributed by atoms with Crippen molar-refractivity contribution in [3.8, 4) is 11.5 Å². The summed E-state index contributed by atoms with van der Waals surface area (Å²) >= 11 is 6.20. The highest BCUT2D eigenvalue weighted by Crippen LogP contribution is 2.33. The van der Waals surface area contributed by atoms with E-state index in [9.17, 15) is 10.2 Å². The number of rotatable bonds is 2. The maximum Gasteiger partial charge on any atom is 0.144 e. The molecule has 4 heteroatoms. The lowest BCUT2D eigenvalue weighted by molar-refractivity contribution is 0.471. The molecule has 0 radical (unpaired) electrons. The summed E-state index contributed by atoms with van der Waals surface area (Å²) in [6.07, 6.45) is 1.53. The first kappa shape index (κ1) is 15.4. The number of phenolic OH excluding ortho intramolecular Hbond substituents is 2. The fourth-order valence-electron chi connectivity index (χ4n) is 2.29. The number of nitrogens with zero attached hydrogens (tertiary/aromatic N) is 1. The lowest BCUT2D eigenvalue weighted by atomic mass is 10.0. The Morgan fingerprint density at radius 1 is 1.00 bits per heavy atom. The number of halogens is 1. The summed E-state index contributed by atoms with van der Waals surface area (Å²) in [6, 6.07) is 5.29. The second kappa shape index (κ2) is 5.78. The van der Waals surface area contributed by atoms with E-state index in [-0.39, 0.29) is 11.5 Å². The van der Waals surface area contributed by atoms with Crippen LogP contribution in [0.4, 0.5) is 5.69 Å². The number of hydrogen-bond acceptors (Lipinski definition) is 3. The van der Waals surface area contributed by atoms with Crippen molar-refractivity contribution in [3.63, 3.8) is 0 Å². The zero-order chi connectivity index (χ0) is 15.7. The van der Waals surface area contributed by atoms with Gasteiger partial charge in [-0.1, -0.05) is 17.7 Å². The molecule has 0 fully saturated rings. The Bertz CT molecular complexity index is 736. The second-order valence-corrected chi connectivity index (χ2v) is 5.65. The molecule has 0 bridgehead atoms. The summed E-state index contributed by atoms with van der Waals surface area (Å²) in [6.45, 7) is 7.44. The van der Waals surface area contributed by atoms with Gasteiger partial charge in [-0.2, -0.15) is 0 Å². The third-order valence-corrected chi connectivity index (χ3v) is 4.05. The number of aryl methyl sites for hydroxylation is 3. The molecule has 0 unspecified atom stereocenters. The largest absolute Gasteiger partial charge is 0.507 e. The molecule has 0 saturated carbocycles. The van der Waals surface area contributed by atoms with Crippen molar-refractivity contribution in [1.82, 2.24) is 0 Å². The minimum Gasteiger partial charge on any atom is -0.507 e. The molecule has 2 rings (SSSR count). The summed E-state index contributed by atoms with van der Waals surface area (Å²) in [5.41, 5.74) is 4.40. The molecular formula is C17H18ClNO2. The highest BCUT2D eigenvalue weighted by atomic mass is 35.5. The Hall–Kier alpha value is -2.00. The van der Waals surface area contributed by atoms with E-state index in [1.165, 1.54) is 6.21 Å². The Kier molecular flexibility index (Phi) is 4.24. The summed E-state index contributed by atoms with van der Waals surface area (Å²) in [4.78, 5) is 4.30. The van der Waals surface area contributed by atoms with Gasteiger partial charge < -0.3 is 10.2 Å². The molecule has 0 saturated heterocycles. The molecule has 2 aromatic rings. The van der Waals surface area contributed by atoms with Crippen molar-refractivity contribution in [2.24, 2.45) is 4.99 Å². The van der Waals surface area contributed by atoms with Gasteiger partial charge in [0, 0.05) is 16.8 Å². The maximum atomic E-state index is 10.0. The Morgan fingerprint density at radius 3 is 2.33 bits per heavy atom. The summed E-state index contributed by atoms with van der Waals surface area (Å²) < 4.78 is 0. The van der Waals surface area contributed by atoms with Crippen LogP contribution in [0.25, 0.3) is 0 Å². The lowest BCUT2D eigenvalue weighted by Crippen LogP contribution is -1.92. The molecule has 0 aliphatic rings. The molecule has 0 heterocycles. The average Bonchev–Trinajstić information content (AvgIpc) is 2.41. The Morgan fingerprint density at radius 2 is 1.67 bits per heavy atom. The molecule has 2 N–H and O–H groups in total. The van der Waals surface area contributed by atoms with E-state index < -0.39 is 0 Å². The quantitative estimate of drug-likeness (QED) is 0.788. The third-order valence-electron chi connectivity index (χ3n) is 3.47. The molecule has 2 aromatic carbocycles. The molecule has 0 amide bonds. The highest BCUT2D eigenvalue weighted by molar-refractivity contribution is 6.32. The summed E-state index contributed by atoms with van der Waals surface area (Å²) in [5.74, 6) is 0.272. The van der Waals surface area contributed by atoms with Gasteiger partial charge >= 0.3 is 0 Å². The van der Waals surface area contributed by atoms with Crippen LogP contribution in [-0.4, -0.2) is 16.4 Å². The van der Waals surface area contributed by atoms with Gasteiger partial charge in [-0.15, -0.1) is 0 Å². The SMILES string of the molecule is Cc1cc(C)c(O)c(N=Cc2c(O)cc(C)c(Cl)c2C)c1. The first-order valence-corrected chi connectivity index (χ1v) is 7.02. The van der Waals surface area contributed by atoms with Gasteiger partial charge in [0.25, 0.3) is 0 Å². The van der Waals surface area contributed by atoms with Gasteiger partial charge in [-0.25, -0.2) is 0 Å². The number of benzene rings is 2. The van der Waals surface area contributed by atoms with Crippen LogP contribution in [0.2, 0.25) is 5.02 Å². The van der Waals surface area contributed by atoms with Crippen LogP contribution in [0.1, 0.15) is 27.8 Å². The number of aromatic hydroxyl groups is 2. The molecule has 0 aliphatic carbocycles. The fraction of sp³-hybridized carbons (Fsp3) is 0.235. The van der Waals surface area contributed by atoms with Crippen molar-refractivity contribution in [2.45, 2.75) is 27.7 Å². The van der Waals surface area contributed by atoms with Crippen LogP contribution in [0.15, 0.2) is 23.2 Å². The van der Waals surface area contributed by atoms with E-state index in [1.54, 1.807) is 12.1 Å². The first-order valence-electron chi connectivity index (χ1n) is 6.64. The molecule has 3 nitrogen and oxygen atoms in total. The standard InChI is InChI=1S/C17H18ClNO2/c1-9-5-11(3)17(21)14(6-9)19-8-13-12(4)16(18)10(2)7-15(13)20/h5-8,20-21H,1-4H3. The van der Waals surface area contributed by atoms with Crippen LogP contribution in [0, 0.1) is 27.7 Å². The van der Waals surface area contributed by atoms with Crippen molar-refractivity contribution < 1.29 is 10.2 Å². The van der Waals surface area contributed by atoms with Crippen LogP contribution in [0.3, 0.4) is 0 Å². The van der Waals surface area contributed by atoms with Gasteiger partial charge in [0.15, 0.2) is 0 Å². The van der Waals surface area contributed by atoms with E-state index >= 15 is 0 Å². The Balaban J connectivity index is 2.51. The van der Waals surface area contributed by atoms with E-state index in [4.69, 9.17) is 11.6 Å². The van der Waals surface area contributed by atoms with E-state index in [2.05, 4.69) is 4.99 Å². The van der Waals surface area contributed by atoms with Crippen LogP contribution in [-0.2, 0) is 0 Å². The molecule has 0 atom stereocenters. The van der Waals surface area contributed by atoms with Crippen molar-refractivity contribution in [1.29, 1.82) is 0 Å². The molecule has 21 heavy (non-hydrogen) atoms. The molecular weight excluding hydrogens is 286 g/mol. The number of hydrogen-bond donors (Lipinski definition) is 2. The summed E-state index contributed by atoms with van der Waals surface area (Å²) in [7, 11) is 0. The van der Waals surface area contributed by atoms with Crippen LogP contribution >= 0.6 is 11.6 Å². The third kappa shape index (κ3) is 3.03. The Labute approximate surface area is 129 Å². The molecule has 0 aliphatic heterocycles. The predicted octanol–water partition coefficient (Wildman–Crippen LogP) is 4.74. The lowest BCUT2D eigenvalue weighted by Gasteiger charge is -2.09. The summed E-state index contributed by atoms with van der Waals surface area (Å²) in [5, 5.41) is 20.7. The van der Waals surface area contributed by atoms with Gasteiger partial charge in [0.2, 0.25) is 0 Å². The van der Waals surface area contributed by atoms with Crippen LogP contribution in [0.5, 0.6) is 11.5 Å². The van der Waals surface area contributed by atoms with Gasteiger partial charge in [-0.05, 0) is 62.1 Å². The van der Waals surface area contributed by atoms with E-state index in [1.807, 2.05) is 33.8 Å². The maximum absolute atomic E-state index is 10.0. The molecule has 0 spiro atoms. The first-order chi connectivity index (χ1) is 9.81.